The highest BCUT2D eigenvalue weighted by Gasteiger charge is 2.35. The van der Waals surface area contributed by atoms with E-state index in [4.69, 9.17) is 10.2 Å². The Morgan fingerprint density at radius 3 is 2.40 bits per heavy atom. The van der Waals surface area contributed by atoms with E-state index in [1.807, 2.05) is 6.92 Å². The van der Waals surface area contributed by atoms with E-state index >= 15 is 0 Å². The second kappa shape index (κ2) is 5.44. The Hall–Kier alpha value is -0.650. The summed E-state index contributed by atoms with van der Waals surface area (Å²) >= 11 is 0. The summed E-state index contributed by atoms with van der Waals surface area (Å²) in [6.45, 7) is 3.15. The predicted octanol–water partition coefficient (Wildman–Crippen LogP) is -1.15. The molecule has 0 aliphatic carbocycles. The van der Waals surface area contributed by atoms with Gasteiger partial charge in [-0.2, -0.15) is 0 Å². The van der Waals surface area contributed by atoms with Crippen LogP contribution in [-0.4, -0.2) is 48.5 Å². The number of carbonyl (C=O) groups is 1. The van der Waals surface area contributed by atoms with Crippen LogP contribution in [0.1, 0.15) is 19.8 Å². The molecule has 88 valence electrons. The predicted molar refractivity (Wildman–Crippen MR) is 56.3 cm³/mol. The lowest BCUT2D eigenvalue weighted by atomic mass is 9.80. The van der Waals surface area contributed by atoms with Gasteiger partial charge in [0.15, 0.2) is 0 Å². The maximum absolute atomic E-state index is 11.9. The fraction of sp³-hybridized carbons (Fsp3) is 0.900. The van der Waals surface area contributed by atoms with Gasteiger partial charge in [-0.1, -0.05) is 6.92 Å². The largest absolute Gasteiger partial charge is 0.394 e. The fourth-order valence-electron chi connectivity index (χ4n) is 1.71. The van der Waals surface area contributed by atoms with Crippen molar-refractivity contribution >= 4 is 5.91 Å². The Bertz CT molecular complexity index is 211. The van der Waals surface area contributed by atoms with E-state index in [0.717, 1.165) is 25.9 Å². The topological polar surface area (TPSA) is 81.6 Å². The standard InChI is InChI=1S/C10H20N2O3/c1-10(2-4-11-5-3-10)9(15)12-8(6-13)7-14/h8,11,13-14H,2-7H2,1H3,(H,12,15). The van der Waals surface area contributed by atoms with Gasteiger partial charge in [0.25, 0.3) is 0 Å². The molecule has 0 radical (unpaired) electrons. The van der Waals surface area contributed by atoms with Crippen LogP contribution in [0, 0.1) is 5.41 Å². The van der Waals surface area contributed by atoms with Gasteiger partial charge in [0.1, 0.15) is 0 Å². The van der Waals surface area contributed by atoms with E-state index in [9.17, 15) is 4.79 Å². The lowest BCUT2D eigenvalue weighted by Crippen LogP contribution is -2.50. The first-order valence-electron chi connectivity index (χ1n) is 5.36. The summed E-state index contributed by atoms with van der Waals surface area (Å²) in [6.07, 6.45) is 1.59. The van der Waals surface area contributed by atoms with Crippen molar-refractivity contribution in [2.75, 3.05) is 26.3 Å². The molecule has 0 aromatic heterocycles. The quantitative estimate of drug-likeness (QED) is 0.478. The lowest BCUT2D eigenvalue weighted by molar-refractivity contribution is -0.133. The first kappa shape index (κ1) is 12.4. The molecule has 4 N–H and O–H groups in total. The van der Waals surface area contributed by atoms with Crippen molar-refractivity contribution in [2.24, 2.45) is 5.41 Å². The van der Waals surface area contributed by atoms with Crippen LogP contribution in [0.2, 0.25) is 0 Å². The Morgan fingerprint density at radius 2 is 1.93 bits per heavy atom. The number of carbonyl (C=O) groups excluding carboxylic acids is 1. The summed E-state index contributed by atoms with van der Waals surface area (Å²) in [5.41, 5.74) is -0.367. The third-order valence-electron chi connectivity index (χ3n) is 3.03. The van der Waals surface area contributed by atoms with Gasteiger partial charge in [-0.3, -0.25) is 4.79 Å². The Balaban J connectivity index is 2.50. The minimum atomic E-state index is -0.538. The summed E-state index contributed by atoms with van der Waals surface area (Å²) in [5.74, 6) is -0.0721. The molecule has 0 bridgehead atoms. The van der Waals surface area contributed by atoms with Crippen LogP contribution in [0.4, 0.5) is 0 Å². The van der Waals surface area contributed by atoms with E-state index in [2.05, 4.69) is 10.6 Å². The number of hydrogen-bond acceptors (Lipinski definition) is 4. The number of nitrogens with one attached hydrogen (secondary N) is 2. The van der Waals surface area contributed by atoms with Crippen molar-refractivity contribution in [3.8, 4) is 0 Å². The van der Waals surface area contributed by atoms with Crippen molar-refractivity contribution in [3.05, 3.63) is 0 Å². The second-order valence-electron chi connectivity index (χ2n) is 4.35. The number of aliphatic hydroxyl groups is 2. The number of aliphatic hydroxyl groups excluding tert-OH is 2. The van der Waals surface area contributed by atoms with Gasteiger partial charge in [-0.05, 0) is 25.9 Å². The molecule has 1 aliphatic heterocycles. The van der Waals surface area contributed by atoms with E-state index in [1.165, 1.54) is 0 Å². The molecule has 5 heteroatoms. The van der Waals surface area contributed by atoms with Crippen molar-refractivity contribution in [1.29, 1.82) is 0 Å². The first-order valence-corrected chi connectivity index (χ1v) is 5.36. The number of hydrogen-bond donors (Lipinski definition) is 4. The Kier molecular flexibility index (Phi) is 4.50. The summed E-state index contributed by atoms with van der Waals surface area (Å²) < 4.78 is 0. The van der Waals surface area contributed by atoms with Crippen LogP contribution in [0.25, 0.3) is 0 Å². The van der Waals surface area contributed by atoms with Gasteiger partial charge in [-0.25, -0.2) is 0 Å². The Labute approximate surface area is 89.9 Å². The maximum atomic E-state index is 11.9. The highest BCUT2D eigenvalue weighted by Crippen LogP contribution is 2.27. The van der Waals surface area contributed by atoms with Gasteiger partial charge in [0, 0.05) is 5.41 Å². The van der Waals surface area contributed by atoms with Crippen LogP contribution in [0.15, 0.2) is 0 Å². The van der Waals surface area contributed by atoms with Crippen LogP contribution >= 0.6 is 0 Å². The molecule has 1 amide bonds. The zero-order valence-corrected chi connectivity index (χ0v) is 9.12. The van der Waals surface area contributed by atoms with E-state index in [-0.39, 0.29) is 24.5 Å². The molecule has 0 aromatic carbocycles. The van der Waals surface area contributed by atoms with E-state index in [1.54, 1.807) is 0 Å². The third-order valence-corrected chi connectivity index (χ3v) is 3.03. The second-order valence-corrected chi connectivity index (χ2v) is 4.35. The van der Waals surface area contributed by atoms with Gasteiger partial charge in [0.2, 0.25) is 5.91 Å². The number of rotatable bonds is 4. The smallest absolute Gasteiger partial charge is 0.226 e. The molecule has 15 heavy (non-hydrogen) atoms. The van der Waals surface area contributed by atoms with Crippen LogP contribution in [0.3, 0.4) is 0 Å². The average molecular weight is 216 g/mol. The molecule has 0 saturated carbocycles. The monoisotopic (exact) mass is 216 g/mol. The molecule has 1 fully saturated rings. The van der Waals surface area contributed by atoms with Gasteiger partial charge in [-0.15, -0.1) is 0 Å². The van der Waals surface area contributed by atoms with Gasteiger partial charge < -0.3 is 20.8 Å². The minimum absolute atomic E-state index is 0.0721. The Morgan fingerprint density at radius 1 is 1.40 bits per heavy atom. The molecule has 0 unspecified atom stereocenters. The summed E-state index contributed by atoms with van der Waals surface area (Å²) in [6, 6.07) is -0.538. The molecule has 1 aliphatic rings. The van der Waals surface area contributed by atoms with E-state index in [0.29, 0.717) is 0 Å². The molecular formula is C10H20N2O3. The lowest BCUT2D eigenvalue weighted by Gasteiger charge is -2.33. The molecule has 1 saturated heterocycles. The highest BCUT2D eigenvalue weighted by molar-refractivity contribution is 5.82. The molecule has 1 rings (SSSR count). The fourth-order valence-corrected chi connectivity index (χ4v) is 1.71. The molecule has 1 heterocycles. The van der Waals surface area contributed by atoms with Crippen LogP contribution < -0.4 is 10.6 Å². The molecule has 5 nitrogen and oxygen atoms in total. The summed E-state index contributed by atoms with van der Waals surface area (Å²) in [5, 5.41) is 23.6. The maximum Gasteiger partial charge on any atom is 0.226 e. The first-order chi connectivity index (χ1) is 7.12. The molecule has 0 atom stereocenters. The zero-order valence-electron chi connectivity index (χ0n) is 9.12. The molecule has 0 spiro atoms. The third kappa shape index (κ3) is 3.15. The van der Waals surface area contributed by atoms with E-state index < -0.39 is 6.04 Å². The van der Waals surface area contributed by atoms with Gasteiger partial charge >= 0.3 is 0 Å². The van der Waals surface area contributed by atoms with Crippen molar-refractivity contribution < 1.29 is 15.0 Å². The number of amides is 1. The number of piperidine rings is 1. The SMILES string of the molecule is CC1(C(=O)NC(CO)CO)CCNCC1. The van der Waals surface area contributed by atoms with Crippen LogP contribution in [0.5, 0.6) is 0 Å². The van der Waals surface area contributed by atoms with Crippen LogP contribution in [-0.2, 0) is 4.79 Å². The molecule has 0 aromatic rings. The highest BCUT2D eigenvalue weighted by atomic mass is 16.3. The summed E-state index contributed by atoms with van der Waals surface area (Å²) in [4.78, 5) is 11.9. The van der Waals surface area contributed by atoms with Gasteiger partial charge in [0.05, 0.1) is 19.3 Å². The van der Waals surface area contributed by atoms with Crippen molar-refractivity contribution in [2.45, 2.75) is 25.8 Å². The van der Waals surface area contributed by atoms with Crippen molar-refractivity contribution in [3.63, 3.8) is 0 Å². The minimum Gasteiger partial charge on any atom is -0.394 e. The average Bonchev–Trinajstić information content (AvgIpc) is 2.26. The van der Waals surface area contributed by atoms with Crippen molar-refractivity contribution in [1.82, 2.24) is 10.6 Å². The summed E-state index contributed by atoms with van der Waals surface area (Å²) in [7, 11) is 0. The normalized spacial score (nSPS) is 20.3. The zero-order chi connectivity index (χ0) is 11.3. The molecular weight excluding hydrogens is 196 g/mol.